The van der Waals surface area contributed by atoms with Crippen LogP contribution in [0.5, 0.6) is 0 Å². The number of carbonyl (C=O) groups is 2. The third-order valence-corrected chi connectivity index (χ3v) is 6.06. The lowest BCUT2D eigenvalue weighted by Crippen LogP contribution is -2.17. The Hall–Kier alpha value is -3.51. The summed E-state index contributed by atoms with van der Waals surface area (Å²) in [6, 6.07) is 12.4. The third kappa shape index (κ3) is 5.35. The average Bonchev–Trinajstić information content (AvgIpc) is 3.51. The van der Waals surface area contributed by atoms with Crippen molar-refractivity contribution >= 4 is 46.4 Å². The second kappa shape index (κ2) is 9.53. The fraction of sp³-hybridized carbons (Fsp3) is 0.158. The summed E-state index contributed by atoms with van der Waals surface area (Å²) in [7, 11) is 1.71. The van der Waals surface area contributed by atoms with Gasteiger partial charge in [0.2, 0.25) is 11.1 Å². The molecule has 4 aromatic rings. The summed E-state index contributed by atoms with van der Waals surface area (Å²) >= 11 is 2.87. The Bertz CT molecular complexity index is 1170. The van der Waals surface area contributed by atoms with Gasteiger partial charge in [-0.05, 0) is 46.1 Å². The van der Waals surface area contributed by atoms with E-state index in [9.17, 15) is 9.59 Å². The molecule has 2 N–H and O–H groups in total. The number of nitrogens with zero attached hydrogens (tertiary/aromatic N) is 6. The lowest BCUT2D eigenvalue weighted by Gasteiger charge is -2.09. The Kier molecular flexibility index (Phi) is 6.38. The lowest BCUT2D eigenvalue weighted by atomic mass is 10.2. The number of carbonyl (C=O) groups excluding carboxylic acids is 2. The van der Waals surface area contributed by atoms with Gasteiger partial charge in [-0.25, -0.2) is 9.36 Å². The van der Waals surface area contributed by atoms with Gasteiger partial charge in [0.25, 0.3) is 5.91 Å². The summed E-state index contributed by atoms with van der Waals surface area (Å²) in [6.45, 7) is 0.591. The molecule has 0 aliphatic carbocycles. The van der Waals surface area contributed by atoms with Crippen molar-refractivity contribution in [1.82, 2.24) is 30.0 Å². The molecule has 0 radical (unpaired) electrons. The quantitative estimate of drug-likeness (QED) is 0.393. The van der Waals surface area contributed by atoms with Crippen LogP contribution in [0.25, 0.3) is 0 Å². The monoisotopic (exact) mass is 454 g/mol. The zero-order chi connectivity index (χ0) is 21.6. The van der Waals surface area contributed by atoms with Gasteiger partial charge in [-0.2, -0.15) is 5.10 Å². The fourth-order valence-corrected chi connectivity index (χ4v) is 4.01. The van der Waals surface area contributed by atoms with Crippen LogP contribution in [-0.4, -0.2) is 47.6 Å². The number of hydrogen-bond donors (Lipinski definition) is 2. The lowest BCUT2D eigenvalue weighted by molar-refractivity contribution is -0.113. The molecule has 0 spiro atoms. The van der Waals surface area contributed by atoms with Gasteiger partial charge in [0.05, 0.1) is 18.5 Å². The molecule has 10 nitrogen and oxygen atoms in total. The van der Waals surface area contributed by atoms with E-state index in [4.69, 9.17) is 0 Å². The highest BCUT2D eigenvalue weighted by Crippen LogP contribution is 2.17. The molecule has 0 saturated heterocycles. The largest absolute Gasteiger partial charge is 0.325 e. The number of aryl methyl sites for hydroxylation is 1. The molecule has 0 atom stereocenters. The standard InChI is InChI=1S/C19H18N8O2S2/c1-26-19(23-24-25-26)31-12-17(28)21-14-6-4-13(5-7-14)18(29)22-16-8-9-20-27(16)11-15-3-2-10-30-15/h2-10H,11-12H2,1H3,(H,21,28)(H,22,29). The number of hydrogen-bond acceptors (Lipinski definition) is 8. The minimum atomic E-state index is -0.254. The number of rotatable bonds is 8. The highest BCUT2D eigenvalue weighted by Gasteiger charge is 2.12. The van der Waals surface area contributed by atoms with Gasteiger partial charge in [0.1, 0.15) is 5.82 Å². The zero-order valence-electron chi connectivity index (χ0n) is 16.4. The summed E-state index contributed by atoms with van der Waals surface area (Å²) in [6.07, 6.45) is 1.65. The molecule has 2 amide bonds. The number of thioether (sulfide) groups is 1. The molecule has 0 aliphatic heterocycles. The van der Waals surface area contributed by atoms with Gasteiger partial charge < -0.3 is 10.6 Å². The molecule has 0 aliphatic rings. The first-order valence-electron chi connectivity index (χ1n) is 9.19. The molecule has 4 rings (SSSR count). The first-order chi connectivity index (χ1) is 15.1. The van der Waals surface area contributed by atoms with E-state index >= 15 is 0 Å². The van der Waals surface area contributed by atoms with E-state index in [0.29, 0.717) is 28.8 Å². The SMILES string of the molecule is Cn1nnnc1SCC(=O)Nc1ccc(C(=O)Nc2ccnn2Cc2cccs2)cc1. The van der Waals surface area contributed by atoms with Crippen LogP contribution in [0.4, 0.5) is 11.5 Å². The van der Waals surface area contributed by atoms with Gasteiger partial charge in [0.15, 0.2) is 0 Å². The zero-order valence-corrected chi connectivity index (χ0v) is 18.1. The molecule has 1 aromatic carbocycles. The normalized spacial score (nSPS) is 10.7. The summed E-state index contributed by atoms with van der Waals surface area (Å²) in [5.41, 5.74) is 1.07. The van der Waals surface area contributed by atoms with Crippen LogP contribution in [0, 0.1) is 0 Å². The number of benzene rings is 1. The van der Waals surface area contributed by atoms with Crippen molar-refractivity contribution in [3.8, 4) is 0 Å². The van der Waals surface area contributed by atoms with Crippen LogP contribution in [0.1, 0.15) is 15.2 Å². The highest BCUT2D eigenvalue weighted by molar-refractivity contribution is 7.99. The summed E-state index contributed by atoms with van der Waals surface area (Å²) in [5, 5.41) is 23.6. The van der Waals surface area contributed by atoms with E-state index in [1.54, 1.807) is 59.6 Å². The molecule has 0 bridgehead atoms. The van der Waals surface area contributed by atoms with Crippen molar-refractivity contribution in [3.63, 3.8) is 0 Å². The first-order valence-corrected chi connectivity index (χ1v) is 11.1. The van der Waals surface area contributed by atoms with Crippen LogP contribution in [0.2, 0.25) is 0 Å². The van der Waals surface area contributed by atoms with Crippen LogP contribution < -0.4 is 10.6 Å². The Labute approximate surface area is 185 Å². The summed E-state index contributed by atoms with van der Waals surface area (Å²) < 4.78 is 3.24. The van der Waals surface area contributed by atoms with Gasteiger partial charge >= 0.3 is 0 Å². The van der Waals surface area contributed by atoms with Crippen molar-refractivity contribution in [1.29, 1.82) is 0 Å². The number of anilines is 2. The molecule has 0 fully saturated rings. The van der Waals surface area contributed by atoms with E-state index in [2.05, 4.69) is 31.3 Å². The Morgan fingerprint density at radius 2 is 1.97 bits per heavy atom. The molecule has 3 heterocycles. The van der Waals surface area contributed by atoms with Crippen molar-refractivity contribution in [3.05, 3.63) is 64.5 Å². The van der Waals surface area contributed by atoms with Gasteiger partial charge in [-0.1, -0.05) is 17.8 Å². The van der Waals surface area contributed by atoms with E-state index in [1.165, 1.54) is 16.4 Å². The molecule has 12 heteroatoms. The maximum absolute atomic E-state index is 12.6. The molecule has 0 saturated carbocycles. The van der Waals surface area contributed by atoms with E-state index < -0.39 is 0 Å². The minimum Gasteiger partial charge on any atom is -0.325 e. The molecular weight excluding hydrogens is 436 g/mol. The van der Waals surface area contributed by atoms with Crippen LogP contribution in [0.3, 0.4) is 0 Å². The predicted molar refractivity (Wildman–Crippen MR) is 118 cm³/mol. The van der Waals surface area contributed by atoms with Crippen molar-refractivity contribution in [2.75, 3.05) is 16.4 Å². The van der Waals surface area contributed by atoms with Gasteiger partial charge in [-0.15, -0.1) is 16.4 Å². The van der Waals surface area contributed by atoms with Crippen LogP contribution in [0.15, 0.2) is 59.2 Å². The third-order valence-electron chi connectivity index (χ3n) is 4.19. The Balaban J connectivity index is 1.32. The Morgan fingerprint density at radius 1 is 1.13 bits per heavy atom. The minimum absolute atomic E-state index is 0.171. The molecule has 3 aromatic heterocycles. The molecule has 158 valence electrons. The molecular formula is C19H18N8O2S2. The smallest absolute Gasteiger partial charge is 0.256 e. The summed E-state index contributed by atoms with van der Waals surface area (Å²) in [4.78, 5) is 25.9. The second-order valence-corrected chi connectivity index (χ2v) is 8.38. The van der Waals surface area contributed by atoms with Crippen molar-refractivity contribution in [2.24, 2.45) is 7.05 Å². The van der Waals surface area contributed by atoms with Crippen LogP contribution >= 0.6 is 23.1 Å². The number of aromatic nitrogens is 6. The maximum atomic E-state index is 12.6. The Morgan fingerprint density at radius 3 is 2.68 bits per heavy atom. The first kappa shape index (κ1) is 20.8. The predicted octanol–water partition coefficient (Wildman–Crippen LogP) is 2.50. The highest BCUT2D eigenvalue weighted by atomic mass is 32.2. The topological polar surface area (TPSA) is 120 Å². The second-order valence-electron chi connectivity index (χ2n) is 6.41. The fourth-order valence-electron chi connectivity index (χ4n) is 2.68. The van der Waals surface area contributed by atoms with Gasteiger partial charge in [0, 0.05) is 29.2 Å². The van der Waals surface area contributed by atoms with Gasteiger partial charge in [-0.3, -0.25) is 9.59 Å². The molecule has 0 unspecified atom stereocenters. The summed E-state index contributed by atoms with van der Waals surface area (Å²) in [5.74, 6) is 0.343. The number of amides is 2. The maximum Gasteiger partial charge on any atom is 0.256 e. The van der Waals surface area contributed by atoms with Crippen molar-refractivity contribution < 1.29 is 9.59 Å². The molecule has 31 heavy (non-hydrogen) atoms. The van der Waals surface area contributed by atoms with E-state index in [-0.39, 0.29) is 17.6 Å². The number of thiophene rings is 1. The van der Waals surface area contributed by atoms with Crippen LogP contribution in [-0.2, 0) is 18.4 Å². The van der Waals surface area contributed by atoms with E-state index in [1.807, 2.05) is 17.5 Å². The average molecular weight is 455 g/mol. The van der Waals surface area contributed by atoms with E-state index in [0.717, 1.165) is 4.88 Å². The van der Waals surface area contributed by atoms with Crippen molar-refractivity contribution in [2.45, 2.75) is 11.7 Å². The number of nitrogens with one attached hydrogen (secondary N) is 2. The number of tetrazole rings is 1.